The van der Waals surface area contributed by atoms with Gasteiger partial charge in [-0.05, 0) is 23.3 Å². The summed E-state index contributed by atoms with van der Waals surface area (Å²) in [4.78, 5) is 8.89. The summed E-state index contributed by atoms with van der Waals surface area (Å²) in [5.41, 5.74) is 5.65. The summed E-state index contributed by atoms with van der Waals surface area (Å²) >= 11 is 1.65. The van der Waals surface area contributed by atoms with Crippen molar-refractivity contribution >= 4 is 11.3 Å². The van der Waals surface area contributed by atoms with Crippen LogP contribution >= 0.6 is 11.3 Å². The van der Waals surface area contributed by atoms with E-state index in [0.29, 0.717) is 0 Å². The zero-order chi connectivity index (χ0) is 15.5. The van der Waals surface area contributed by atoms with Gasteiger partial charge >= 0.3 is 0 Å². The number of benzene rings is 2. The minimum atomic E-state index is 1.00. The third kappa shape index (κ3) is 2.91. The van der Waals surface area contributed by atoms with E-state index in [1.54, 1.807) is 17.5 Å². The fraction of sp³-hybridized carbons (Fsp3) is 0. The van der Waals surface area contributed by atoms with Crippen molar-refractivity contribution < 1.29 is 0 Å². The Morgan fingerprint density at radius 2 is 1.35 bits per heavy atom. The van der Waals surface area contributed by atoms with Crippen LogP contribution in [-0.2, 0) is 0 Å². The predicted octanol–water partition coefficient (Wildman–Crippen LogP) is 5.54. The molecule has 2 heterocycles. The van der Waals surface area contributed by atoms with Gasteiger partial charge in [-0.25, -0.2) is 4.98 Å². The smallest absolute Gasteiger partial charge is 0.125 e. The lowest BCUT2D eigenvalue weighted by Crippen LogP contribution is -1.81. The average molecular weight is 314 g/mol. The number of rotatable bonds is 3. The second kappa shape index (κ2) is 6.15. The molecule has 0 atom stereocenters. The van der Waals surface area contributed by atoms with Crippen LogP contribution in [0.3, 0.4) is 0 Å². The Kier molecular flexibility index (Phi) is 3.70. The first kappa shape index (κ1) is 13.9. The van der Waals surface area contributed by atoms with Gasteiger partial charge < -0.3 is 0 Å². The van der Waals surface area contributed by atoms with E-state index in [4.69, 9.17) is 4.98 Å². The summed E-state index contributed by atoms with van der Waals surface area (Å²) in [6.45, 7) is 0. The molecule has 0 radical (unpaired) electrons. The van der Waals surface area contributed by atoms with Gasteiger partial charge in [0.2, 0.25) is 0 Å². The summed E-state index contributed by atoms with van der Waals surface area (Å²) in [7, 11) is 0. The van der Waals surface area contributed by atoms with E-state index in [2.05, 4.69) is 58.9 Å². The third-order valence-electron chi connectivity index (χ3n) is 3.70. The Morgan fingerprint density at radius 1 is 0.652 bits per heavy atom. The van der Waals surface area contributed by atoms with Crippen molar-refractivity contribution in [3.63, 3.8) is 0 Å². The molecule has 0 fully saturated rings. The average Bonchev–Trinajstić information content (AvgIpc) is 3.14. The second-order valence-electron chi connectivity index (χ2n) is 5.22. The Morgan fingerprint density at radius 3 is 2.09 bits per heavy atom. The Bertz CT molecular complexity index is 897. The molecule has 0 spiro atoms. The molecule has 2 aromatic carbocycles. The van der Waals surface area contributed by atoms with E-state index in [1.807, 2.05) is 24.4 Å². The Balaban J connectivity index is 1.63. The molecular formula is C20H14N2S. The van der Waals surface area contributed by atoms with Crippen molar-refractivity contribution in [1.82, 2.24) is 9.97 Å². The molecule has 0 saturated heterocycles. The van der Waals surface area contributed by atoms with Gasteiger partial charge in [-0.3, -0.25) is 4.98 Å². The first-order valence-electron chi connectivity index (χ1n) is 7.42. The van der Waals surface area contributed by atoms with Gasteiger partial charge in [-0.2, -0.15) is 0 Å². The summed E-state index contributed by atoms with van der Waals surface area (Å²) in [5, 5.41) is 3.10. The maximum Gasteiger partial charge on any atom is 0.125 e. The molecule has 0 N–H and O–H groups in total. The highest BCUT2D eigenvalue weighted by atomic mass is 32.1. The minimum Gasteiger partial charge on any atom is -0.264 e. The van der Waals surface area contributed by atoms with Crippen molar-refractivity contribution in [2.45, 2.75) is 0 Å². The van der Waals surface area contributed by atoms with Crippen LogP contribution < -0.4 is 0 Å². The lowest BCUT2D eigenvalue weighted by Gasteiger charge is -2.02. The van der Waals surface area contributed by atoms with E-state index in [-0.39, 0.29) is 0 Å². The number of aromatic nitrogens is 2. The van der Waals surface area contributed by atoms with Crippen LogP contribution in [0.15, 0.2) is 84.5 Å². The van der Waals surface area contributed by atoms with E-state index >= 15 is 0 Å². The molecule has 0 aliphatic heterocycles. The molecule has 4 rings (SSSR count). The summed E-state index contributed by atoms with van der Waals surface area (Å²) < 4.78 is 0. The fourth-order valence-electron chi connectivity index (χ4n) is 2.49. The molecule has 3 heteroatoms. The first-order chi connectivity index (χ1) is 11.4. The quantitative estimate of drug-likeness (QED) is 0.496. The van der Waals surface area contributed by atoms with Crippen LogP contribution in [0, 0.1) is 0 Å². The van der Waals surface area contributed by atoms with Crippen molar-refractivity contribution in [3.8, 4) is 33.0 Å². The van der Waals surface area contributed by atoms with Crippen LogP contribution in [0.4, 0.5) is 0 Å². The Hall–Kier alpha value is -2.78. The maximum atomic E-state index is 4.73. The summed E-state index contributed by atoms with van der Waals surface area (Å²) in [5.74, 6) is 0. The van der Waals surface area contributed by atoms with Crippen LogP contribution in [0.1, 0.15) is 0 Å². The fourth-order valence-corrected chi connectivity index (χ4v) is 3.31. The number of hydrogen-bond acceptors (Lipinski definition) is 3. The molecule has 0 bridgehead atoms. The van der Waals surface area contributed by atoms with E-state index in [0.717, 1.165) is 21.8 Å². The minimum absolute atomic E-state index is 1.00. The molecular weight excluding hydrogens is 300 g/mol. The maximum absolute atomic E-state index is 4.73. The monoisotopic (exact) mass is 314 g/mol. The first-order valence-corrected chi connectivity index (χ1v) is 8.30. The molecule has 110 valence electrons. The van der Waals surface area contributed by atoms with Crippen LogP contribution in [-0.4, -0.2) is 9.97 Å². The molecule has 23 heavy (non-hydrogen) atoms. The highest BCUT2D eigenvalue weighted by Crippen LogP contribution is 2.29. The van der Waals surface area contributed by atoms with Crippen LogP contribution in [0.5, 0.6) is 0 Å². The topological polar surface area (TPSA) is 25.8 Å². The zero-order valence-corrected chi connectivity index (χ0v) is 13.2. The lowest BCUT2D eigenvalue weighted by atomic mass is 10.0. The van der Waals surface area contributed by atoms with Crippen molar-refractivity contribution in [3.05, 3.63) is 84.5 Å². The van der Waals surface area contributed by atoms with E-state index in [1.165, 1.54) is 11.1 Å². The van der Waals surface area contributed by atoms with Crippen LogP contribution in [0.25, 0.3) is 33.0 Å². The van der Waals surface area contributed by atoms with Gasteiger partial charge in [-0.15, -0.1) is 11.3 Å². The largest absolute Gasteiger partial charge is 0.264 e. The molecule has 0 saturated carbocycles. The molecule has 2 aromatic heterocycles. The molecule has 4 aromatic rings. The van der Waals surface area contributed by atoms with Gasteiger partial charge in [0.1, 0.15) is 5.01 Å². The molecule has 0 aliphatic rings. The number of hydrogen-bond donors (Lipinski definition) is 0. The Labute approximate surface area is 139 Å². The van der Waals surface area contributed by atoms with Crippen LogP contribution in [0.2, 0.25) is 0 Å². The number of thiazole rings is 1. The van der Waals surface area contributed by atoms with Gasteiger partial charge in [0, 0.05) is 28.9 Å². The van der Waals surface area contributed by atoms with Gasteiger partial charge in [0.25, 0.3) is 0 Å². The van der Waals surface area contributed by atoms with E-state index < -0.39 is 0 Å². The highest BCUT2D eigenvalue weighted by molar-refractivity contribution is 7.13. The SMILES string of the molecule is c1ccc(-c2ccc(-c3csc(-c4cccnc4)n3)cc2)cc1. The number of pyridine rings is 1. The van der Waals surface area contributed by atoms with Crippen molar-refractivity contribution in [2.24, 2.45) is 0 Å². The third-order valence-corrected chi connectivity index (χ3v) is 4.59. The van der Waals surface area contributed by atoms with Gasteiger partial charge in [0.15, 0.2) is 0 Å². The molecule has 0 unspecified atom stereocenters. The normalized spacial score (nSPS) is 10.6. The second-order valence-corrected chi connectivity index (χ2v) is 6.08. The zero-order valence-electron chi connectivity index (χ0n) is 12.4. The number of nitrogens with zero attached hydrogens (tertiary/aromatic N) is 2. The lowest BCUT2D eigenvalue weighted by molar-refractivity contribution is 1.31. The van der Waals surface area contributed by atoms with Crippen molar-refractivity contribution in [1.29, 1.82) is 0 Å². The summed E-state index contributed by atoms with van der Waals surface area (Å²) in [6.07, 6.45) is 3.63. The summed E-state index contributed by atoms with van der Waals surface area (Å²) in [6, 6.07) is 22.9. The van der Waals surface area contributed by atoms with Gasteiger partial charge in [0.05, 0.1) is 5.69 Å². The molecule has 0 amide bonds. The predicted molar refractivity (Wildman–Crippen MR) is 96.2 cm³/mol. The highest BCUT2D eigenvalue weighted by Gasteiger charge is 2.07. The van der Waals surface area contributed by atoms with E-state index in [9.17, 15) is 0 Å². The van der Waals surface area contributed by atoms with Crippen molar-refractivity contribution in [2.75, 3.05) is 0 Å². The standard InChI is InChI=1S/C20H14N2S/c1-2-5-15(6-3-1)16-8-10-17(11-9-16)19-14-23-20(22-19)18-7-4-12-21-13-18/h1-14H. The molecule has 0 aliphatic carbocycles. The molecule has 2 nitrogen and oxygen atoms in total. The van der Waals surface area contributed by atoms with Gasteiger partial charge in [-0.1, -0.05) is 54.6 Å².